The molecule has 0 fully saturated rings. The van der Waals surface area contributed by atoms with Crippen LogP contribution in [0.25, 0.3) is 0 Å². The number of rotatable bonds is 2. The van der Waals surface area contributed by atoms with Crippen LogP contribution in [0.1, 0.15) is 31.8 Å². The molecule has 0 aliphatic carbocycles. The number of amides is 2. The highest BCUT2D eigenvalue weighted by molar-refractivity contribution is 9.10. The van der Waals surface area contributed by atoms with E-state index in [4.69, 9.17) is 0 Å². The molecule has 6 nitrogen and oxygen atoms in total. The second-order valence-corrected chi connectivity index (χ2v) is 6.08. The van der Waals surface area contributed by atoms with Crippen molar-refractivity contribution in [1.29, 1.82) is 0 Å². The molecular formula is C16H11BrN2O4. The van der Waals surface area contributed by atoms with Crippen LogP contribution in [0, 0.1) is 24.0 Å². The fourth-order valence-corrected chi connectivity index (χ4v) is 3.17. The average molecular weight is 375 g/mol. The number of hydrogen-bond acceptors (Lipinski definition) is 4. The van der Waals surface area contributed by atoms with Crippen LogP contribution in [0.4, 0.5) is 11.4 Å². The third kappa shape index (κ3) is 2.16. The van der Waals surface area contributed by atoms with Gasteiger partial charge in [-0.05, 0) is 37.1 Å². The Morgan fingerprint density at radius 3 is 2.04 bits per heavy atom. The smallest absolute Gasteiger partial charge is 0.268 e. The second kappa shape index (κ2) is 5.27. The Bertz CT molecular complexity index is 857. The van der Waals surface area contributed by atoms with Crippen molar-refractivity contribution < 1.29 is 14.5 Å². The summed E-state index contributed by atoms with van der Waals surface area (Å²) < 4.78 is 0.557. The van der Waals surface area contributed by atoms with Crippen molar-refractivity contribution in [2.24, 2.45) is 0 Å². The van der Waals surface area contributed by atoms with E-state index in [0.717, 1.165) is 10.5 Å². The Hall–Kier alpha value is -2.54. The van der Waals surface area contributed by atoms with E-state index in [1.807, 2.05) is 0 Å². The van der Waals surface area contributed by atoms with E-state index in [1.165, 1.54) is 6.07 Å². The second-order valence-electron chi connectivity index (χ2n) is 5.22. The van der Waals surface area contributed by atoms with Gasteiger partial charge in [0.25, 0.3) is 17.5 Å². The third-order valence-electron chi connectivity index (χ3n) is 4.00. The number of halogens is 1. The summed E-state index contributed by atoms with van der Waals surface area (Å²) in [5.41, 5.74) is 1.51. The van der Waals surface area contributed by atoms with E-state index in [0.29, 0.717) is 10.0 Å². The van der Waals surface area contributed by atoms with E-state index in [1.54, 1.807) is 38.1 Å². The first-order valence-corrected chi connectivity index (χ1v) is 7.55. The number of carbonyl (C=O) groups excluding carboxylic acids is 2. The van der Waals surface area contributed by atoms with Crippen LogP contribution in [0.15, 0.2) is 34.8 Å². The molecule has 2 amide bonds. The summed E-state index contributed by atoms with van der Waals surface area (Å²) in [4.78, 5) is 36.9. The number of fused-ring (bicyclic) bond motifs is 1. The van der Waals surface area contributed by atoms with Crippen LogP contribution < -0.4 is 4.90 Å². The fraction of sp³-hybridized carbons (Fsp3) is 0.125. The maximum absolute atomic E-state index is 12.6. The number of nitro benzene ring substituents is 1. The van der Waals surface area contributed by atoms with E-state index < -0.39 is 16.7 Å². The van der Waals surface area contributed by atoms with Gasteiger partial charge in [-0.3, -0.25) is 19.7 Å². The first-order chi connectivity index (χ1) is 10.8. The van der Waals surface area contributed by atoms with Gasteiger partial charge in [0.1, 0.15) is 5.69 Å². The zero-order valence-corrected chi connectivity index (χ0v) is 13.9. The van der Waals surface area contributed by atoms with Crippen LogP contribution in [-0.4, -0.2) is 16.7 Å². The van der Waals surface area contributed by atoms with Crippen LogP contribution in [0.3, 0.4) is 0 Å². The molecule has 0 saturated heterocycles. The lowest BCUT2D eigenvalue weighted by Crippen LogP contribution is -2.31. The van der Waals surface area contributed by atoms with Gasteiger partial charge in [-0.15, -0.1) is 0 Å². The molecule has 2 aromatic carbocycles. The molecule has 1 aliphatic heterocycles. The standard InChI is InChI=1S/C16H11BrN2O4/c1-8-9(2)14(13(19(22)23)7-12(8)17)18-15(20)10-5-3-4-6-11(10)16(18)21/h3-7H,1-2H3. The predicted molar refractivity (Wildman–Crippen MR) is 87.9 cm³/mol. The van der Waals surface area contributed by atoms with Gasteiger partial charge < -0.3 is 0 Å². The fourth-order valence-electron chi connectivity index (χ4n) is 2.66. The average Bonchev–Trinajstić information content (AvgIpc) is 2.77. The molecule has 1 heterocycles. The molecular weight excluding hydrogens is 364 g/mol. The normalized spacial score (nSPS) is 13.4. The van der Waals surface area contributed by atoms with E-state index in [2.05, 4.69) is 15.9 Å². The van der Waals surface area contributed by atoms with Gasteiger partial charge in [-0.1, -0.05) is 28.1 Å². The monoisotopic (exact) mass is 374 g/mol. The highest BCUT2D eigenvalue weighted by Gasteiger charge is 2.40. The van der Waals surface area contributed by atoms with Gasteiger partial charge in [-0.2, -0.15) is 0 Å². The highest BCUT2D eigenvalue weighted by atomic mass is 79.9. The lowest BCUT2D eigenvalue weighted by atomic mass is 10.1. The number of anilines is 1. The summed E-state index contributed by atoms with van der Waals surface area (Å²) in [6.45, 7) is 3.43. The van der Waals surface area contributed by atoms with Crippen LogP contribution in [-0.2, 0) is 0 Å². The first kappa shape index (κ1) is 15.4. The van der Waals surface area contributed by atoms with Crippen molar-refractivity contribution in [3.8, 4) is 0 Å². The molecule has 7 heteroatoms. The number of benzene rings is 2. The Balaban J connectivity index is 2.29. The van der Waals surface area contributed by atoms with Crippen molar-refractivity contribution in [3.63, 3.8) is 0 Å². The summed E-state index contributed by atoms with van der Waals surface area (Å²) in [7, 11) is 0. The molecule has 0 bridgehead atoms. The zero-order chi connectivity index (χ0) is 16.9. The number of hydrogen-bond donors (Lipinski definition) is 0. The molecule has 1 aliphatic rings. The minimum atomic E-state index is -0.587. The highest BCUT2D eigenvalue weighted by Crippen LogP contribution is 2.41. The summed E-state index contributed by atoms with van der Waals surface area (Å²) in [6, 6.07) is 7.72. The number of carbonyl (C=O) groups is 2. The van der Waals surface area contributed by atoms with Crippen LogP contribution in [0.5, 0.6) is 0 Å². The lowest BCUT2D eigenvalue weighted by molar-refractivity contribution is -0.384. The molecule has 0 N–H and O–H groups in total. The van der Waals surface area contributed by atoms with Crippen molar-refractivity contribution in [2.45, 2.75) is 13.8 Å². The van der Waals surface area contributed by atoms with Gasteiger partial charge in [-0.25, -0.2) is 4.90 Å². The van der Waals surface area contributed by atoms with Gasteiger partial charge >= 0.3 is 0 Å². The minimum absolute atomic E-state index is 0.0295. The molecule has 0 radical (unpaired) electrons. The van der Waals surface area contributed by atoms with Gasteiger partial charge in [0.2, 0.25) is 0 Å². The Labute approximate surface area is 140 Å². The molecule has 116 valence electrons. The maximum atomic E-state index is 12.6. The Kier molecular flexibility index (Phi) is 3.52. The van der Waals surface area contributed by atoms with E-state index in [-0.39, 0.29) is 22.5 Å². The zero-order valence-electron chi connectivity index (χ0n) is 12.3. The van der Waals surface area contributed by atoms with Gasteiger partial charge in [0.15, 0.2) is 0 Å². The quantitative estimate of drug-likeness (QED) is 0.455. The first-order valence-electron chi connectivity index (χ1n) is 6.76. The predicted octanol–water partition coefficient (Wildman–Crippen LogP) is 3.77. The third-order valence-corrected chi connectivity index (χ3v) is 4.82. The van der Waals surface area contributed by atoms with Crippen LogP contribution in [0.2, 0.25) is 0 Å². The number of nitro groups is 1. The van der Waals surface area contributed by atoms with Gasteiger partial charge in [0, 0.05) is 10.5 Å². The van der Waals surface area contributed by atoms with Gasteiger partial charge in [0.05, 0.1) is 16.1 Å². The largest absolute Gasteiger partial charge is 0.294 e. The number of imide groups is 1. The van der Waals surface area contributed by atoms with Crippen LogP contribution >= 0.6 is 15.9 Å². The molecule has 0 saturated carbocycles. The molecule has 3 rings (SSSR count). The summed E-state index contributed by atoms with van der Waals surface area (Å²) in [6.07, 6.45) is 0. The molecule has 0 atom stereocenters. The maximum Gasteiger partial charge on any atom is 0.294 e. The Morgan fingerprint density at radius 1 is 1.04 bits per heavy atom. The number of nitrogens with zero attached hydrogens (tertiary/aromatic N) is 2. The van der Waals surface area contributed by atoms with Crippen molar-refractivity contribution >= 4 is 39.1 Å². The molecule has 0 aromatic heterocycles. The lowest BCUT2D eigenvalue weighted by Gasteiger charge is -2.18. The Morgan fingerprint density at radius 2 is 1.57 bits per heavy atom. The summed E-state index contributed by atoms with van der Waals surface area (Å²) in [5.74, 6) is -1.09. The van der Waals surface area contributed by atoms with Crippen molar-refractivity contribution in [2.75, 3.05) is 4.90 Å². The van der Waals surface area contributed by atoms with Crippen molar-refractivity contribution in [1.82, 2.24) is 0 Å². The van der Waals surface area contributed by atoms with E-state index >= 15 is 0 Å². The summed E-state index contributed by atoms with van der Waals surface area (Å²) in [5, 5.41) is 11.4. The van der Waals surface area contributed by atoms with Crippen molar-refractivity contribution in [3.05, 3.63) is 67.2 Å². The van der Waals surface area contributed by atoms with E-state index in [9.17, 15) is 19.7 Å². The summed E-state index contributed by atoms with van der Waals surface area (Å²) >= 11 is 3.27. The molecule has 0 unspecified atom stereocenters. The molecule has 2 aromatic rings. The molecule has 0 spiro atoms. The molecule has 23 heavy (non-hydrogen) atoms. The minimum Gasteiger partial charge on any atom is -0.268 e. The topological polar surface area (TPSA) is 80.5 Å². The SMILES string of the molecule is Cc1c(Br)cc([N+](=O)[O-])c(N2C(=O)c3ccccc3C2=O)c1C.